The lowest BCUT2D eigenvalue weighted by atomic mass is 10.1. The minimum absolute atomic E-state index is 0.00246. The van der Waals surface area contributed by atoms with Crippen molar-refractivity contribution in [3.63, 3.8) is 0 Å². The van der Waals surface area contributed by atoms with E-state index < -0.39 is 34.1 Å². The van der Waals surface area contributed by atoms with E-state index in [-0.39, 0.29) is 17.3 Å². The first kappa shape index (κ1) is 30.7. The molecule has 0 spiro atoms. The van der Waals surface area contributed by atoms with Gasteiger partial charge in [0, 0.05) is 21.6 Å². The van der Waals surface area contributed by atoms with E-state index in [9.17, 15) is 18.0 Å². The van der Waals surface area contributed by atoms with E-state index in [0.29, 0.717) is 10.7 Å². The third-order valence-electron chi connectivity index (χ3n) is 5.91. The van der Waals surface area contributed by atoms with E-state index in [1.807, 2.05) is 52.0 Å². The molecular weight excluding hydrogens is 602 g/mol. The van der Waals surface area contributed by atoms with Crippen LogP contribution < -0.4 is 9.62 Å². The van der Waals surface area contributed by atoms with Gasteiger partial charge in [0.1, 0.15) is 12.6 Å². The second kappa shape index (κ2) is 12.5. The van der Waals surface area contributed by atoms with Crippen LogP contribution in [-0.2, 0) is 26.2 Å². The monoisotopic (exact) mass is 633 g/mol. The zero-order valence-electron chi connectivity index (χ0n) is 22.6. The van der Waals surface area contributed by atoms with Gasteiger partial charge in [0.2, 0.25) is 11.8 Å². The van der Waals surface area contributed by atoms with Crippen LogP contribution in [-0.4, -0.2) is 43.3 Å². The summed E-state index contributed by atoms with van der Waals surface area (Å²) in [6, 6.07) is 19.2. The number of nitrogens with one attached hydrogen (secondary N) is 1. The number of amides is 2. The molecule has 0 aliphatic carbocycles. The van der Waals surface area contributed by atoms with Crippen molar-refractivity contribution in [3.8, 4) is 0 Å². The van der Waals surface area contributed by atoms with E-state index in [1.165, 1.54) is 29.2 Å². The number of carbonyl (C=O) groups excluding carboxylic acids is 2. The Kier molecular flexibility index (Phi) is 9.85. The van der Waals surface area contributed by atoms with Gasteiger partial charge in [-0.05, 0) is 88.7 Å². The summed E-state index contributed by atoms with van der Waals surface area (Å²) in [7, 11) is -4.15. The smallest absolute Gasteiger partial charge is 0.264 e. The first-order valence-corrected chi connectivity index (χ1v) is 15.0. The van der Waals surface area contributed by atoms with Gasteiger partial charge >= 0.3 is 0 Å². The number of aryl methyl sites for hydroxylation is 1. The highest BCUT2D eigenvalue weighted by molar-refractivity contribution is 9.10. The Hall–Kier alpha value is -2.88. The molecule has 3 aromatic rings. The molecule has 39 heavy (non-hydrogen) atoms. The predicted molar refractivity (Wildman–Crippen MR) is 159 cm³/mol. The van der Waals surface area contributed by atoms with Gasteiger partial charge in [0.15, 0.2) is 0 Å². The zero-order valence-corrected chi connectivity index (χ0v) is 25.8. The number of rotatable bonds is 9. The quantitative estimate of drug-likeness (QED) is 0.316. The third-order valence-corrected chi connectivity index (χ3v) is 8.44. The molecule has 7 nitrogen and oxygen atoms in total. The van der Waals surface area contributed by atoms with Crippen molar-refractivity contribution in [2.24, 2.45) is 0 Å². The Morgan fingerprint density at radius 1 is 1.00 bits per heavy atom. The second-order valence-electron chi connectivity index (χ2n) is 10.4. The topological polar surface area (TPSA) is 86.8 Å². The first-order valence-electron chi connectivity index (χ1n) is 12.4. The molecule has 0 radical (unpaired) electrons. The average Bonchev–Trinajstić information content (AvgIpc) is 2.85. The molecule has 2 amide bonds. The number of hydrogen-bond donors (Lipinski definition) is 1. The number of halogens is 2. The Morgan fingerprint density at radius 2 is 1.62 bits per heavy atom. The summed E-state index contributed by atoms with van der Waals surface area (Å²) in [5, 5.41) is 3.31. The van der Waals surface area contributed by atoms with Gasteiger partial charge in [0.05, 0.1) is 10.6 Å². The Balaban J connectivity index is 2.03. The summed E-state index contributed by atoms with van der Waals surface area (Å²) in [6.07, 6.45) is 0. The molecule has 0 aromatic heterocycles. The molecule has 0 aliphatic rings. The second-order valence-corrected chi connectivity index (χ2v) is 13.6. The molecule has 0 bridgehead atoms. The number of carbonyl (C=O) groups is 2. The lowest BCUT2D eigenvalue weighted by Crippen LogP contribution is -2.54. The lowest BCUT2D eigenvalue weighted by molar-refractivity contribution is -0.140. The summed E-state index contributed by atoms with van der Waals surface area (Å²) < 4.78 is 29.5. The van der Waals surface area contributed by atoms with Crippen molar-refractivity contribution in [2.75, 3.05) is 10.8 Å². The fourth-order valence-electron chi connectivity index (χ4n) is 3.86. The normalized spacial score (nSPS) is 12.5. The van der Waals surface area contributed by atoms with Gasteiger partial charge in [-0.2, -0.15) is 0 Å². The molecule has 0 unspecified atom stereocenters. The van der Waals surface area contributed by atoms with E-state index in [2.05, 4.69) is 21.2 Å². The molecule has 1 atom stereocenters. The molecule has 0 saturated carbocycles. The van der Waals surface area contributed by atoms with Crippen LogP contribution in [0.2, 0.25) is 5.02 Å². The number of nitrogens with zero attached hydrogens (tertiary/aromatic N) is 2. The number of anilines is 1. The van der Waals surface area contributed by atoms with E-state index in [4.69, 9.17) is 11.6 Å². The van der Waals surface area contributed by atoms with Crippen LogP contribution in [0.1, 0.15) is 38.8 Å². The Labute approximate surface area is 244 Å². The van der Waals surface area contributed by atoms with Crippen molar-refractivity contribution in [1.82, 2.24) is 10.2 Å². The molecule has 3 aromatic carbocycles. The molecule has 0 saturated heterocycles. The predicted octanol–water partition coefficient (Wildman–Crippen LogP) is 5.94. The molecule has 0 fully saturated rings. The van der Waals surface area contributed by atoms with E-state index in [1.54, 1.807) is 31.2 Å². The SMILES string of the molecule is Cc1ccc(N(CC(=O)N(Cc2cccc(Br)c2)[C@@H](C)C(=O)NC(C)(C)C)S(=O)(=O)c2ccc(Cl)cc2)cc1. The molecule has 0 aliphatic heterocycles. The zero-order chi connectivity index (χ0) is 29.0. The minimum atomic E-state index is -4.15. The van der Waals surface area contributed by atoms with Gasteiger partial charge in [0.25, 0.3) is 10.0 Å². The van der Waals surface area contributed by atoms with Gasteiger partial charge in [-0.25, -0.2) is 8.42 Å². The van der Waals surface area contributed by atoms with Crippen LogP contribution in [0.3, 0.4) is 0 Å². The minimum Gasteiger partial charge on any atom is -0.350 e. The fourth-order valence-corrected chi connectivity index (χ4v) is 5.85. The maximum Gasteiger partial charge on any atom is 0.264 e. The largest absolute Gasteiger partial charge is 0.350 e. The molecule has 208 valence electrons. The van der Waals surface area contributed by atoms with Gasteiger partial charge in [-0.1, -0.05) is 57.4 Å². The number of benzene rings is 3. The molecule has 3 rings (SSSR count). The van der Waals surface area contributed by atoms with Crippen molar-refractivity contribution >= 4 is 55.1 Å². The molecular formula is C29H33BrClN3O4S. The summed E-state index contributed by atoms with van der Waals surface area (Å²) in [6.45, 7) is 8.71. The number of sulfonamides is 1. The summed E-state index contributed by atoms with van der Waals surface area (Å²) in [4.78, 5) is 28.5. The van der Waals surface area contributed by atoms with Crippen LogP contribution in [0.25, 0.3) is 0 Å². The van der Waals surface area contributed by atoms with Crippen LogP contribution >= 0.6 is 27.5 Å². The van der Waals surface area contributed by atoms with Crippen molar-refractivity contribution in [3.05, 3.63) is 93.4 Å². The van der Waals surface area contributed by atoms with Gasteiger partial charge in [-0.15, -0.1) is 0 Å². The van der Waals surface area contributed by atoms with Crippen molar-refractivity contribution < 1.29 is 18.0 Å². The van der Waals surface area contributed by atoms with E-state index >= 15 is 0 Å². The fraction of sp³-hybridized carbons (Fsp3) is 0.310. The van der Waals surface area contributed by atoms with Crippen molar-refractivity contribution in [1.29, 1.82) is 0 Å². The number of hydrogen-bond acceptors (Lipinski definition) is 4. The standard InChI is InChI=1S/C29H33BrClN3O4S/c1-20-9-13-25(14-10-20)34(39(37,38)26-15-11-24(31)12-16-26)19-27(35)33(18-22-7-6-8-23(30)17-22)21(2)28(36)32-29(3,4)5/h6-17,21H,18-19H2,1-5H3,(H,32,36)/t21-/m0/s1. The molecule has 1 N–H and O–H groups in total. The first-order chi connectivity index (χ1) is 18.2. The average molecular weight is 635 g/mol. The van der Waals surface area contributed by atoms with Gasteiger partial charge < -0.3 is 10.2 Å². The Morgan fingerprint density at radius 3 is 2.18 bits per heavy atom. The van der Waals surface area contributed by atoms with Crippen LogP contribution in [0.15, 0.2) is 82.2 Å². The molecule has 10 heteroatoms. The van der Waals surface area contributed by atoms with Crippen LogP contribution in [0, 0.1) is 6.92 Å². The van der Waals surface area contributed by atoms with Gasteiger partial charge in [-0.3, -0.25) is 13.9 Å². The van der Waals surface area contributed by atoms with Crippen LogP contribution in [0.4, 0.5) is 5.69 Å². The van der Waals surface area contributed by atoms with Crippen LogP contribution in [0.5, 0.6) is 0 Å². The summed E-state index contributed by atoms with van der Waals surface area (Å²) in [5.74, 6) is -0.863. The molecule has 0 heterocycles. The lowest BCUT2D eigenvalue weighted by Gasteiger charge is -2.33. The highest BCUT2D eigenvalue weighted by Gasteiger charge is 2.33. The summed E-state index contributed by atoms with van der Waals surface area (Å²) in [5.41, 5.74) is 1.55. The maximum absolute atomic E-state index is 13.9. The van der Waals surface area contributed by atoms with E-state index in [0.717, 1.165) is 19.9 Å². The highest BCUT2D eigenvalue weighted by Crippen LogP contribution is 2.26. The third kappa shape index (κ3) is 8.30. The Bertz CT molecular complexity index is 1420. The summed E-state index contributed by atoms with van der Waals surface area (Å²) >= 11 is 9.44. The highest BCUT2D eigenvalue weighted by atomic mass is 79.9. The maximum atomic E-state index is 13.9. The van der Waals surface area contributed by atoms with Crippen molar-refractivity contribution in [2.45, 2.75) is 57.6 Å².